The van der Waals surface area contributed by atoms with E-state index in [1.54, 1.807) is 18.2 Å². The SMILES string of the molecule is COC(=O)C1=CC2N=C(N)N(C/C=C/Cn3c(N)nc4cc(C(N)=O)cc(CN5CCOCC5)c43)C2(C)C=C1. The molecule has 1 fully saturated rings. The summed E-state index contributed by atoms with van der Waals surface area (Å²) in [6.07, 6.45) is 9.49. The molecule has 0 radical (unpaired) electrons. The van der Waals surface area contributed by atoms with Crippen molar-refractivity contribution in [1.82, 2.24) is 19.4 Å². The average Bonchev–Trinajstić information content (AvgIpc) is 3.37. The number of primary amides is 1. The summed E-state index contributed by atoms with van der Waals surface area (Å²) >= 11 is 0. The van der Waals surface area contributed by atoms with Crippen LogP contribution < -0.4 is 17.2 Å². The van der Waals surface area contributed by atoms with Crippen molar-refractivity contribution in [3.63, 3.8) is 0 Å². The van der Waals surface area contributed by atoms with Gasteiger partial charge in [0.2, 0.25) is 11.9 Å². The number of nitrogens with two attached hydrogens (primary N) is 3. The van der Waals surface area contributed by atoms with E-state index >= 15 is 0 Å². The number of rotatable bonds is 8. The fourth-order valence-electron chi connectivity index (χ4n) is 5.35. The first kappa shape index (κ1) is 26.4. The third-order valence-electron chi connectivity index (χ3n) is 7.56. The van der Waals surface area contributed by atoms with Crippen LogP contribution in [-0.2, 0) is 27.4 Å². The second kappa shape index (κ2) is 10.5. The number of aromatic nitrogens is 2. The molecular formula is C27H34N8O4. The minimum atomic E-state index is -0.505. The van der Waals surface area contributed by atoms with Gasteiger partial charge in [-0.05, 0) is 36.8 Å². The minimum absolute atomic E-state index is 0.291. The normalized spacial score (nSPS) is 23.2. The number of benzene rings is 1. The number of nitrogen functional groups attached to an aromatic ring is 1. The second-order valence-corrected chi connectivity index (χ2v) is 10.0. The van der Waals surface area contributed by atoms with Gasteiger partial charge in [-0.15, -0.1) is 0 Å². The van der Waals surface area contributed by atoms with Crippen molar-refractivity contribution in [2.24, 2.45) is 16.5 Å². The van der Waals surface area contributed by atoms with Gasteiger partial charge in [0, 0.05) is 38.3 Å². The molecule has 2 aliphatic heterocycles. The molecule has 1 aromatic heterocycles. The van der Waals surface area contributed by atoms with Crippen molar-refractivity contribution in [3.8, 4) is 0 Å². The molecule has 0 bridgehead atoms. The molecule has 0 spiro atoms. The van der Waals surface area contributed by atoms with E-state index in [0.29, 0.717) is 61.4 Å². The number of ether oxygens (including phenoxy) is 2. The highest BCUT2D eigenvalue weighted by atomic mass is 16.5. The number of fused-ring (bicyclic) bond motifs is 2. The zero-order valence-electron chi connectivity index (χ0n) is 22.2. The topological polar surface area (TPSA) is 167 Å². The van der Waals surface area contributed by atoms with Crippen molar-refractivity contribution in [3.05, 3.63) is 59.2 Å². The van der Waals surface area contributed by atoms with Gasteiger partial charge in [-0.1, -0.05) is 18.2 Å². The van der Waals surface area contributed by atoms with Crippen LogP contribution in [0.5, 0.6) is 0 Å². The molecule has 3 heterocycles. The lowest BCUT2D eigenvalue weighted by Gasteiger charge is -2.37. The summed E-state index contributed by atoms with van der Waals surface area (Å²) in [7, 11) is 1.35. The van der Waals surface area contributed by atoms with Gasteiger partial charge in [0.05, 0.1) is 48.5 Å². The van der Waals surface area contributed by atoms with Crippen molar-refractivity contribution in [2.45, 2.75) is 31.6 Å². The van der Waals surface area contributed by atoms with Crippen molar-refractivity contribution in [1.29, 1.82) is 0 Å². The van der Waals surface area contributed by atoms with Crippen molar-refractivity contribution in [2.75, 3.05) is 45.7 Å². The van der Waals surface area contributed by atoms with Crippen LogP contribution in [0.2, 0.25) is 0 Å². The second-order valence-electron chi connectivity index (χ2n) is 10.0. The maximum Gasteiger partial charge on any atom is 0.337 e. The number of guanidine groups is 1. The van der Waals surface area contributed by atoms with Gasteiger partial charge in [0.25, 0.3) is 0 Å². The number of allylic oxidation sites excluding steroid dienone is 1. The number of carbonyl (C=O) groups is 2. The van der Waals surface area contributed by atoms with Crippen LogP contribution in [0.25, 0.3) is 11.0 Å². The van der Waals surface area contributed by atoms with Crippen LogP contribution >= 0.6 is 0 Å². The standard InChI is InChI=1S/C27H34N8O4/c1-27-6-5-17(24(37)38-2)15-21(27)32-26(30)35(27)8-4-3-7-34-22-19(16-33-9-11-39-12-10-33)13-18(23(28)36)14-20(22)31-25(34)29/h3-6,13-15,21H,7-12,16H2,1-2H3,(H2,28,36)(H2,29,31)(H2,30,32)/b4-3+. The highest BCUT2D eigenvalue weighted by Crippen LogP contribution is 2.34. The number of carbonyl (C=O) groups excluding carboxylic acids is 2. The summed E-state index contributed by atoms with van der Waals surface area (Å²) in [5.74, 6) is -0.153. The Morgan fingerprint density at radius 2 is 1.95 bits per heavy atom. The summed E-state index contributed by atoms with van der Waals surface area (Å²) in [6, 6.07) is 3.22. The largest absolute Gasteiger partial charge is 0.465 e. The van der Waals surface area contributed by atoms with Crippen LogP contribution in [0.3, 0.4) is 0 Å². The average molecular weight is 535 g/mol. The van der Waals surface area contributed by atoms with E-state index in [2.05, 4.69) is 14.9 Å². The van der Waals surface area contributed by atoms with Crippen molar-refractivity contribution >= 4 is 34.8 Å². The third kappa shape index (κ3) is 5.00. The molecule has 1 aromatic carbocycles. The number of anilines is 1. The van der Waals surface area contributed by atoms with E-state index in [1.807, 2.05) is 40.7 Å². The lowest BCUT2D eigenvalue weighted by Crippen LogP contribution is -2.51. The number of imidazole rings is 1. The zero-order chi connectivity index (χ0) is 27.7. The Labute approximate surface area is 226 Å². The summed E-state index contributed by atoms with van der Waals surface area (Å²) in [5.41, 5.74) is 21.0. The lowest BCUT2D eigenvalue weighted by molar-refractivity contribution is -0.135. The van der Waals surface area contributed by atoms with E-state index < -0.39 is 17.4 Å². The number of methoxy groups -OCH3 is 1. The van der Waals surface area contributed by atoms with Crippen molar-refractivity contribution < 1.29 is 19.1 Å². The third-order valence-corrected chi connectivity index (χ3v) is 7.56. The maximum absolute atomic E-state index is 12.0. The lowest BCUT2D eigenvalue weighted by atomic mass is 9.85. The van der Waals surface area contributed by atoms with Crippen LogP contribution in [0.15, 0.2) is 53.1 Å². The molecular weight excluding hydrogens is 500 g/mol. The van der Waals surface area contributed by atoms with E-state index in [-0.39, 0.29) is 6.04 Å². The predicted octanol–water partition coefficient (Wildman–Crippen LogP) is 0.533. The molecule has 2 unspecified atom stereocenters. The molecule has 6 N–H and O–H groups in total. The van der Waals surface area contributed by atoms with E-state index in [9.17, 15) is 9.59 Å². The number of hydrogen-bond acceptors (Lipinski definition) is 10. The molecule has 2 atom stereocenters. The summed E-state index contributed by atoms with van der Waals surface area (Å²) in [6.45, 7) is 6.58. The first-order chi connectivity index (χ1) is 18.7. The summed E-state index contributed by atoms with van der Waals surface area (Å²) in [4.78, 5) is 37.3. The summed E-state index contributed by atoms with van der Waals surface area (Å²) in [5, 5.41) is 0. The maximum atomic E-state index is 12.0. The van der Waals surface area contributed by atoms with Gasteiger partial charge in [0.15, 0.2) is 5.96 Å². The zero-order valence-corrected chi connectivity index (χ0v) is 22.2. The van der Waals surface area contributed by atoms with Gasteiger partial charge in [0.1, 0.15) is 0 Å². The first-order valence-corrected chi connectivity index (χ1v) is 12.8. The summed E-state index contributed by atoms with van der Waals surface area (Å²) < 4.78 is 12.3. The number of esters is 1. The molecule has 2 aromatic rings. The smallest absolute Gasteiger partial charge is 0.337 e. The number of nitrogens with zero attached hydrogens (tertiary/aromatic N) is 5. The molecule has 12 heteroatoms. The monoisotopic (exact) mass is 534 g/mol. The first-order valence-electron chi connectivity index (χ1n) is 12.8. The van der Waals surface area contributed by atoms with Gasteiger partial charge < -0.3 is 36.1 Å². The molecule has 1 saturated heterocycles. The Balaban J connectivity index is 1.36. The van der Waals surface area contributed by atoms with E-state index in [0.717, 1.165) is 24.2 Å². The van der Waals surface area contributed by atoms with Gasteiger partial charge >= 0.3 is 5.97 Å². The number of aliphatic imine (C=N–C) groups is 1. The fraction of sp³-hybridized carbons (Fsp3) is 0.407. The molecule has 1 aliphatic carbocycles. The Morgan fingerprint density at radius 1 is 1.21 bits per heavy atom. The number of morpholine rings is 1. The highest BCUT2D eigenvalue weighted by molar-refractivity contribution is 5.98. The van der Waals surface area contributed by atoms with Crippen LogP contribution in [0, 0.1) is 0 Å². The Bertz CT molecular complexity index is 1420. The predicted molar refractivity (Wildman–Crippen MR) is 148 cm³/mol. The molecule has 39 heavy (non-hydrogen) atoms. The quantitative estimate of drug-likeness (QED) is 0.323. The Hall–Kier alpha value is -4.16. The molecule has 3 aliphatic rings. The fourth-order valence-corrected chi connectivity index (χ4v) is 5.35. The minimum Gasteiger partial charge on any atom is -0.465 e. The molecule has 206 valence electrons. The van der Waals surface area contributed by atoms with E-state index in [1.165, 1.54) is 7.11 Å². The Kier molecular flexibility index (Phi) is 7.15. The molecule has 12 nitrogen and oxygen atoms in total. The number of amides is 1. The number of hydrogen-bond donors (Lipinski definition) is 3. The molecule has 5 rings (SSSR count). The van der Waals surface area contributed by atoms with Crippen LogP contribution in [0.1, 0.15) is 22.8 Å². The highest BCUT2D eigenvalue weighted by Gasteiger charge is 2.44. The Morgan fingerprint density at radius 3 is 2.67 bits per heavy atom. The van der Waals surface area contributed by atoms with Gasteiger partial charge in [-0.2, -0.15) is 0 Å². The van der Waals surface area contributed by atoms with Crippen LogP contribution in [0.4, 0.5) is 5.95 Å². The molecule has 1 amide bonds. The van der Waals surface area contributed by atoms with E-state index in [4.69, 9.17) is 26.7 Å². The molecule has 0 saturated carbocycles. The van der Waals surface area contributed by atoms with Gasteiger partial charge in [-0.25, -0.2) is 14.8 Å². The van der Waals surface area contributed by atoms with Gasteiger partial charge in [-0.3, -0.25) is 9.69 Å². The van der Waals surface area contributed by atoms with Crippen LogP contribution in [-0.4, -0.2) is 88.7 Å².